The van der Waals surface area contributed by atoms with Gasteiger partial charge in [-0.3, -0.25) is 0 Å². The Bertz CT molecular complexity index is 612. The lowest BCUT2D eigenvalue weighted by molar-refractivity contribution is 0.0590. The van der Waals surface area contributed by atoms with E-state index in [0.717, 1.165) is 13.2 Å². The molecule has 1 unspecified atom stereocenters. The Labute approximate surface area is 116 Å². The summed E-state index contributed by atoms with van der Waals surface area (Å²) in [5, 5.41) is 3.01. The largest absolute Gasteiger partial charge is 0.465 e. The fraction of sp³-hybridized carbons (Fsp3) is 0.417. The van der Waals surface area contributed by atoms with E-state index in [2.05, 4.69) is 14.8 Å². The predicted molar refractivity (Wildman–Crippen MR) is 69.3 cm³/mol. The van der Waals surface area contributed by atoms with Crippen LogP contribution in [0.25, 0.3) is 0 Å². The van der Waals surface area contributed by atoms with Gasteiger partial charge >= 0.3 is 5.97 Å². The van der Waals surface area contributed by atoms with Crippen molar-refractivity contribution in [2.24, 2.45) is 0 Å². The van der Waals surface area contributed by atoms with Gasteiger partial charge in [-0.15, -0.1) is 0 Å². The molecule has 1 atom stereocenters. The van der Waals surface area contributed by atoms with Crippen molar-refractivity contribution < 1.29 is 22.3 Å². The van der Waals surface area contributed by atoms with Crippen LogP contribution in [-0.2, 0) is 14.8 Å². The second-order valence-electron chi connectivity index (χ2n) is 4.42. The van der Waals surface area contributed by atoms with E-state index in [9.17, 15) is 17.6 Å². The van der Waals surface area contributed by atoms with Crippen molar-refractivity contribution in [3.63, 3.8) is 0 Å². The molecule has 0 aliphatic carbocycles. The van der Waals surface area contributed by atoms with Crippen LogP contribution in [0.4, 0.5) is 4.39 Å². The number of hydrogen-bond acceptors (Lipinski definition) is 5. The Kier molecular flexibility index (Phi) is 4.36. The van der Waals surface area contributed by atoms with Crippen LogP contribution in [0.1, 0.15) is 16.8 Å². The van der Waals surface area contributed by atoms with E-state index in [0.29, 0.717) is 19.5 Å². The highest BCUT2D eigenvalue weighted by molar-refractivity contribution is 7.89. The molecule has 1 fully saturated rings. The highest BCUT2D eigenvalue weighted by atomic mass is 32.2. The molecule has 0 bridgehead atoms. The number of carbonyl (C=O) groups is 1. The summed E-state index contributed by atoms with van der Waals surface area (Å²) in [5.74, 6) is -1.95. The molecule has 0 radical (unpaired) electrons. The summed E-state index contributed by atoms with van der Waals surface area (Å²) < 4.78 is 45.2. The van der Waals surface area contributed by atoms with Gasteiger partial charge in [0.05, 0.1) is 12.0 Å². The van der Waals surface area contributed by atoms with Gasteiger partial charge in [0, 0.05) is 12.6 Å². The fourth-order valence-electron chi connectivity index (χ4n) is 2.07. The predicted octanol–water partition coefficient (Wildman–Crippen LogP) is 0.253. The lowest BCUT2D eigenvalue weighted by Gasteiger charge is -2.14. The number of nitrogens with one attached hydrogen (secondary N) is 2. The smallest absolute Gasteiger partial charge is 0.342 e. The zero-order valence-corrected chi connectivity index (χ0v) is 11.7. The van der Waals surface area contributed by atoms with E-state index >= 15 is 0 Å². The number of halogens is 1. The van der Waals surface area contributed by atoms with Gasteiger partial charge in [0.1, 0.15) is 11.4 Å². The Morgan fingerprint density at radius 1 is 1.50 bits per heavy atom. The molecule has 6 nitrogen and oxygen atoms in total. The molecule has 0 spiro atoms. The molecule has 0 aromatic heterocycles. The van der Waals surface area contributed by atoms with Crippen LogP contribution in [-0.4, -0.2) is 40.6 Å². The van der Waals surface area contributed by atoms with Crippen LogP contribution in [0.5, 0.6) is 0 Å². The second kappa shape index (κ2) is 5.86. The van der Waals surface area contributed by atoms with Crippen LogP contribution in [0, 0.1) is 5.82 Å². The zero-order valence-electron chi connectivity index (χ0n) is 10.8. The SMILES string of the molecule is COC(=O)c1c(F)cccc1S(=O)(=O)NC1CCNC1. The van der Waals surface area contributed by atoms with Gasteiger partial charge in [-0.1, -0.05) is 6.07 Å². The van der Waals surface area contributed by atoms with Crippen molar-refractivity contribution in [1.29, 1.82) is 0 Å². The third kappa shape index (κ3) is 2.97. The number of hydrogen-bond donors (Lipinski definition) is 2. The molecular weight excluding hydrogens is 287 g/mol. The summed E-state index contributed by atoms with van der Waals surface area (Å²) in [6, 6.07) is 3.17. The van der Waals surface area contributed by atoms with Gasteiger partial charge in [-0.2, -0.15) is 0 Å². The van der Waals surface area contributed by atoms with Crippen LogP contribution in [0.15, 0.2) is 23.1 Å². The Balaban J connectivity index is 2.40. The average Bonchev–Trinajstić information content (AvgIpc) is 2.89. The molecule has 110 valence electrons. The molecule has 1 aromatic carbocycles. The van der Waals surface area contributed by atoms with Crippen LogP contribution in [0.3, 0.4) is 0 Å². The summed E-state index contributed by atoms with van der Waals surface area (Å²) >= 11 is 0. The maximum Gasteiger partial charge on any atom is 0.342 e. The first-order chi connectivity index (χ1) is 9.45. The van der Waals surface area contributed by atoms with Crippen LogP contribution < -0.4 is 10.0 Å². The molecule has 0 saturated carbocycles. The van der Waals surface area contributed by atoms with Crippen LogP contribution >= 0.6 is 0 Å². The van der Waals surface area contributed by atoms with Gasteiger partial charge in [-0.05, 0) is 25.1 Å². The van der Waals surface area contributed by atoms with E-state index in [4.69, 9.17) is 0 Å². The number of carbonyl (C=O) groups excluding carboxylic acids is 1. The lowest BCUT2D eigenvalue weighted by atomic mass is 10.2. The first-order valence-electron chi connectivity index (χ1n) is 6.05. The zero-order chi connectivity index (χ0) is 14.8. The van der Waals surface area contributed by atoms with Crippen molar-refractivity contribution >= 4 is 16.0 Å². The maximum atomic E-state index is 13.7. The Hall–Kier alpha value is -1.51. The topological polar surface area (TPSA) is 84.5 Å². The summed E-state index contributed by atoms with van der Waals surface area (Å²) in [7, 11) is -2.91. The molecule has 8 heteroatoms. The van der Waals surface area contributed by atoms with Crippen LogP contribution in [0.2, 0.25) is 0 Å². The van der Waals surface area contributed by atoms with E-state index in [1.807, 2.05) is 0 Å². The molecule has 1 heterocycles. The Morgan fingerprint density at radius 2 is 2.25 bits per heavy atom. The summed E-state index contributed by atoms with van der Waals surface area (Å²) in [6.07, 6.45) is 0.641. The van der Waals surface area contributed by atoms with Crippen molar-refractivity contribution in [2.45, 2.75) is 17.4 Å². The molecule has 2 rings (SSSR count). The number of rotatable bonds is 4. The van der Waals surface area contributed by atoms with Crippen molar-refractivity contribution in [3.8, 4) is 0 Å². The van der Waals surface area contributed by atoms with Crippen molar-refractivity contribution in [2.75, 3.05) is 20.2 Å². The molecular formula is C12H15FN2O4S. The molecule has 1 saturated heterocycles. The van der Waals surface area contributed by atoms with E-state index in [-0.39, 0.29) is 6.04 Å². The van der Waals surface area contributed by atoms with Gasteiger partial charge < -0.3 is 10.1 Å². The lowest BCUT2D eigenvalue weighted by Crippen LogP contribution is -2.37. The average molecular weight is 302 g/mol. The van der Waals surface area contributed by atoms with E-state index < -0.39 is 32.3 Å². The highest BCUT2D eigenvalue weighted by Gasteiger charge is 2.29. The number of esters is 1. The summed E-state index contributed by atoms with van der Waals surface area (Å²) in [5.41, 5.74) is -0.576. The van der Waals surface area contributed by atoms with Gasteiger partial charge in [0.15, 0.2) is 0 Å². The maximum absolute atomic E-state index is 13.7. The molecule has 1 aliphatic heterocycles. The highest BCUT2D eigenvalue weighted by Crippen LogP contribution is 2.20. The minimum atomic E-state index is -3.98. The van der Waals surface area contributed by atoms with E-state index in [1.54, 1.807) is 0 Å². The first kappa shape index (κ1) is 14.9. The standard InChI is InChI=1S/C12H15FN2O4S/c1-19-12(16)11-9(13)3-2-4-10(11)20(17,18)15-8-5-6-14-7-8/h2-4,8,14-15H,5-7H2,1H3. The molecule has 1 aromatic rings. The summed E-state index contributed by atoms with van der Waals surface area (Å²) in [6.45, 7) is 1.21. The number of sulfonamides is 1. The molecule has 2 N–H and O–H groups in total. The van der Waals surface area contributed by atoms with Gasteiger partial charge in [0.2, 0.25) is 10.0 Å². The third-order valence-corrected chi connectivity index (χ3v) is 4.60. The quantitative estimate of drug-likeness (QED) is 0.779. The summed E-state index contributed by atoms with van der Waals surface area (Å²) in [4.78, 5) is 11.2. The number of ether oxygens (including phenoxy) is 1. The molecule has 20 heavy (non-hydrogen) atoms. The third-order valence-electron chi connectivity index (χ3n) is 3.04. The second-order valence-corrected chi connectivity index (χ2v) is 6.10. The minimum Gasteiger partial charge on any atom is -0.465 e. The molecule has 0 amide bonds. The monoisotopic (exact) mass is 302 g/mol. The van der Waals surface area contributed by atoms with Gasteiger partial charge in [-0.25, -0.2) is 22.3 Å². The van der Waals surface area contributed by atoms with Crippen molar-refractivity contribution in [1.82, 2.24) is 10.0 Å². The minimum absolute atomic E-state index is 0.270. The number of benzene rings is 1. The van der Waals surface area contributed by atoms with Crippen molar-refractivity contribution in [3.05, 3.63) is 29.6 Å². The number of methoxy groups -OCH3 is 1. The fourth-order valence-corrected chi connectivity index (χ4v) is 3.54. The van der Waals surface area contributed by atoms with Gasteiger partial charge in [0.25, 0.3) is 0 Å². The first-order valence-corrected chi connectivity index (χ1v) is 7.54. The normalized spacial score (nSPS) is 19.0. The Morgan fingerprint density at radius 3 is 2.85 bits per heavy atom. The molecule has 1 aliphatic rings. The van der Waals surface area contributed by atoms with E-state index in [1.165, 1.54) is 12.1 Å².